The molecule has 0 fully saturated rings. The molecule has 24 heavy (non-hydrogen) atoms. The van der Waals surface area contributed by atoms with Gasteiger partial charge < -0.3 is 4.74 Å². The first-order valence-corrected chi connectivity index (χ1v) is 8.07. The molecule has 0 spiro atoms. The molecule has 0 aliphatic carbocycles. The number of terminal acetylenes is 1. The second-order valence-electron chi connectivity index (χ2n) is 7.22. The number of likely N-dealkylation sites (N-methyl/N-ethyl adjacent to an activating group) is 1. The molecule has 0 aromatic heterocycles. The first-order chi connectivity index (χ1) is 11.2. The maximum Gasteiger partial charge on any atom is 0.258 e. The van der Waals surface area contributed by atoms with Crippen molar-refractivity contribution in [3.8, 4) is 12.3 Å². The maximum atomic E-state index is 12.9. The number of hydrogen-bond donors (Lipinski definition) is 0. The molecule has 0 radical (unpaired) electrons. The maximum absolute atomic E-state index is 12.9. The van der Waals surface area contributed by atoms with Crippen molar-refractivity contribution in [1.82, 2.24) is 5.06 Å². The van der Waals surface area contributed by atoms with Crippen LogP contribution in [0.25, 0.3) is 0 Å². The molecule has 132 valence electrons. The Morgan fingerprint density at radius 1 is 1.29 bits per heavy atom. The summed E-state index contributed by atoms with van der Waals surface area (Å²) in [5.74, 6) is 2.52. The third kappa shape index (κ3) is 5.09. The van der Waals surface area contributed by atoms with E-state index in [4.69, 9.17) is 16.0 Å². The van der Waals surface area contributed by atoms with Crippen LogP contribution in [0.1, 0.15) is 38.3 Å². The number of carbonyl (C=O) groups excluding carboxylic acids is 1. The first kappa shape index (κ1) is 20.2. The summed E-state index contributed by atoms with van der Waals surface area (Å²) in [5.41, 5.74) is 1.05. The van der Waals surface area contributed by atoms with Crippen molar-refractivity contribution in [2.75, 3.05) is 27.4 Å². The second kappa shape index (κ2) is 8.32. The molecule has 0 saturated carbocycles. The smallest absolute Gasteiger partial charge is 0.258 e. The van der Waals surface area contributed by atoms with Crippen molar-refractivity contribution in [2.24, 2.45) is 5.41 Å². The molecule has 4 nitrogen and oxygen atoms in total. The zero-order chi connectivity index (χ0) is 18.4. The summed E-state index contributed by atoms with van der Waals surface area (Å²) in [5, 5.41) is 1.25. The number of hydrogen-bond acceptors (Lipinski definition) is 3. The van der Waals surface area contributed by atoms with Crippen LogP contribution < -0.4 is 0 Å². The Balaban J connectivity index is 3.03. The number of aryl methyl sites for hydroxylation is 1. The van der Waals surface area contributed by atoms with Gasteiger partial charge in [-0.3, -0.25) is 9.63 Å². The van der Waals surface area contributed by atoms with Crippen molar-refractivity contribution in [3.63, 3.8) is 0 Å². The summed E-state index contributed by atoms with van der Waals surface area (Å²) in [4.78, 5) is 18.0. The summed E-state index contributed by atoms with van der Waals surface area (Å²) in [6.07, 6.45) is 6.03. The van der Waals surface area contributed by atoms with E-state index in [1.165, 1.54) is 12.2 Å². The predicted molar refractivity (Wildman–Crippen MR) is 96.4 cm³/mol. The molecule has 1 aromatic rings. The normalized spacial score (nSPS) is 13.9. The minimum Gasteiger partial charge on any atom is -0.379 e. The average molecular weight is 331 g/mol. The molecule has 1 unspecified atom stereocenters. The van der Waals surface area contributed by atoms with Crippen LogP contribution in [0.4, 0.5) is 0 Å². The highest BCUT2D eigenvalue weighted by Gasteiger charge is 2.38. The summed E-state index contributed by atoms with van der Waals surface area (Å²) in [7, 11) is 3.09. The highest BCUT2D eigenvalue weighted by molar-refractivity contribution is 5.87. The Labute approximate surface area is 146 Å². The molecule has 1 atom stereocenters. The zero-order valence-corrected chi connectivity index (χ0v) is 15.7. The zero-order valence-electron chi connectivity index (χ0n) is 15.7. The van der Waals surface area contributed by atoms with Crippen molar-refractivity contribution in [2.45, 2.75) is 39.5 Å². The number of ether oxygens (including phenoxy) is 1. The molecule has 0 heterocycles. The first-order valence-electron chi connectivity index (χ1n) is 8.07. The lowest BCUT2D eigenvalue weighted by atomic mass is 9.81. The number of carbonyl (C=O) groups is 1. The SMILES string of the molecule is C#CCC(C)(C)COCC(C)(C(=O)N(C)OC)c1cccc(C)c1. The number of benzene rings is 1. The fourth-order valence-corrected chi connectivity index (χ4v) is 2.55. The predicted octanol–water partition coefficient (Wildman–Crippen LogP) is 3.34. The van der Waals surface area contributed by atoms with Crippen LogP contribution in [0.3, 0.4) is 0 Å². The van der Waals surface area contributed by atoms with E-state index < -0.39 is 5.41 Å². The molecule has 0 saturated heterocycles. The van der Waals surface area contributed by atoms with E-state index >= 15 is 0 Å². The monoisotopic (exact) mass is 331 g/mol. The van der Waals surface area contributed by atoms with E-state index in [-0.39, 0.29) is 17.9 Å². The van der Waals surface area contributed by atoms with Gasteiger partial charge in [0, 0.05) is 13.5 Å². The summed E-state index contributed by atoms with van der Waals surface area (Å²) >= 11 is 0. The molecule has 0 aliphatic heterocycles. The van der Waals surface area contributed by atoms with E-state index in [2.05, 4.69) is 19.8 Å². The van der Waals surface area contributed by atoms with Crippen LogP contribution in [-0.4, -0.2) is 38.3 Å². The molecule has 1 amide bonds. The Hall–Kier alpha value is -1.83. The Bertz CT molecular complexity index is 603. The molecule has 0 N–H and O–H groups in total. The molecular formula is C20H29NO3. The van der Waals surface area contributed by atoms with Crippen LogP contribution in [0.15, 0.2) is 24.3 Å². The third-order valence-corrected chi connectivity index (χ3v) is 4.15. The Morgan fingerprint density at radius 3 is 2.50 bits per heavy atom. The quantitative estimate of drug-likeness (QED) is 0.542. The van der Waals surface area contributed by atoms with E-state index in [9.17, 15) is 4.79 Å². The van der Waals surface area contributed by atoms with Gasteiger partial charge in [-0.05, 0) is 24.8 Å². The lowest BCUT2D eigenvalue weighted by Gasteiger charge is -2.33. The van der Waals surface area contributed by atoms with E-state index in [1.807, 2.05) is 38.1 Å². The molecular weight excluding hydrogens is 302 g/mol. The van der Waals surface area contributed by atoms with Gasteiger partial charge in [0.05, 0.1) is 25.7 Å². The lowest BCUT2D eigenvalue weighted by molar-refractivity contribution is -0.177. The van der Waals surface area contributed by atoms with Gasteiger partial charge in [0.2, 0.25) is 0 Å². The van der Waals surface area contributed by atoms with Gasteiger partial charge in [0.1, 0.15) is 0 Å². The summed E-state index contributed by atoms with van der Waals surface area (Å²) in [6, 6.07) is 7.91. The highest BCUT2D eigenvalue weighted by Crippen LogP contribution is 2.29. The highest BCUT2D eigenvalue weighted by atomic mass is 16.7. The lowest BCUT2D eigenvalue weighted by Crippen LogP contribution is -2.46. The number of hydroxylamine groups is 2. The van der Waals surface area contributed by atoms with Crippen molar-refractivity contribution >= 4 is 5.91 Å². The van der Waals surface area contributed by atoms with Crippen LogP contribution in [0.5, 0.6) is 0 Å². The van der Waals surface area contributed by atoms with Gasteiger partial charge in [-0.2, -0.15) is 0 Å². The number of rotatable bonds is 8. The van der Waals surface area contributed by atoms with Crippen LogP contribution in [-0.2, 0) is 19.8 Å². The van der Waals surface area contributed by atoms with Gasteiger partial charge >= 0.3 is 0 Å². The minimum absolute atomic E-state index is 0.127. The Kier molecular flexibility index (Phi) is 7.01. The largest absolute Gasteiger partial charge is 0.379 e. The van der Waals surface area contributed by atoms with E-state index in [0.29, 0.717) is 13.0 Å². The van der Waals surface area contributed by atoms with Crippen LogP contribution in [0, 0.1) is 24.7 Å². The van der Waals surface area contributed by atoms with Gasteiger partial charge in [0.15, 0.2) is 0 Å². The minimum atomic E-state index is -0.830. The van der Waals surface area contributed by atoms with Crippen molar-refractivity contribution in [3.05, 3.63) is 35.4 Å². The van der Waals surface area contributed by atoms with Gasteiger partial charge in [-0.25, -0.2) is 5.06 Å². The molecule has 0 bridgehead atoms. The van der Waals surface area contributed by atoms with Crippen molar-refractivity contribution in [1.29, 1.82) is 0 Å². The fourth-order valence-electron chi connectivity index (χ4n) is 2.55. The Morgan fingerprint density at radius 2 is 1.96 bits per heavy atom. The van der Waals surface area contributed by atoms with Crippen LogP contribution in [0.2, 0.25) is 0 Å². The number of amides is 1. The van der Waals surface area contributed by atoms with Gasteiger partial charge in [0.25, 0.3) is 5.91 Å². The average Bonchev–Trinajstić information content (AvgIpc) is 2.52. The van der Waals surface area contributed by atoms with Crippen LogP contribution >= 0.6 is 0 Å². The molecule has 0 aliphatic rings. The second-order valence-corrected chi connectivity index (χ2v) is 7.22. The van der Waals surface area contributed by atoms with Crippen molar-refractivity contribution < 1.29 is 14.4 Å². The number of nitrogens with zero attached hydrogens (tertiary/aromatic N) is 1. The summed E-state index contributed by atoms with van der Waals surface area (Å²) in [6.45, 7) is 8.75. The fraction of sp³-hybridized carbons (Fsp3) is 0.550. The molecule has 4 heteroatoms. The van der Waals surface area contributed by atoms with E-state index in [1.54, 1.807) is 7.05 Å². The molecule has 1 rings (SSSR count). The standard InChI is InChI=1S/C20H29NO3/c1-8-12-19(3,4)14-24-15-20(5,18(22)21(6)23-7)17-11-9-10-16(2)13-17/h1,9-11,13H,12,14-15H2,2-7H3. The topological polar surface area (TPSA) is 38.8 Å². The third-order valence-electron chi connectivity index (χ3n) is 4.15. The van der Waals surface area contributed by atoms with E-state index in [0.717, 1.165) is 11.1 Å². The van der Waals surface area contributed by atoms with Gasteiger partial charge in [-0.1, -0.05) is 43.7 Å². The molecule has 1 aromatic carbocycles. The van der Waals surface area contributed by atoms with Gasteiger partial charge in [-0.15, -0.1) is 12.3 Å². The summed E-state index contributed by atoms with van der Waals surface area (Å²) < 4.78 is 5.93.